The number of carbonyl (C=O) groups is 1. The summed E-state index contributed by atoms with van der Waals surface area (Å²) in [6.45, 7) is 6.47. The molecule has 94 valence electrons. The standard InChI is InChI=1S/C12H17BrN2O2/c1-4-7(2)6-14-11(16)9-5-10(13)8(3)15-12(9)17/h5,7H,4,6H2,1-3H3,(H,14,16)(H,15,17)/t7-/m0/s1. The van der Waals surface area contributed by atoms with Crippen LogP contribution >= 0.6 is 15.9 Å². The molecule has 0 spiro atoms. The first-order valence-electron chi connectivity index (χ1n) is 5.63. The van der Waals surface area contributed by atoms with Crippen LogP contribution in [0.15, 0.2) is 15.3 Å². The van der Waals surface area contributed by atoms with Crippen molar-refractivity contribution in [2.24, 2.45) is 5.92 Å². The second-order valence-electron chi connectivity index (χ2n) is 4.21. The van der Waals surface area contributed by atoms with E-state index < -0.39 is 0 Å². The Morgan fingerprint density at radius 2 is 2.24 bits per heavy atom. The van der Waals surface area contributed by atoms with Gasteiger partial charge in [-0.15, -0.1) is 0 Å². The predicted molar refractivity (Wildman–Crippen MR) is 71.3 cm³/mol. The number of H-pyrrole nitrogens is 1. The second kappa shape index (κ2) is 6.00. The SMILES string of the molecule is CC[C@H](C)CNC(=O)c1cc(Br)c(C)[nH]c1=O. The van der Waals surface area contributed by atoms with Gasteiger partial charge in [-0.25, -0.2) is 0 Å². The summed E-state index contributed by atoms with van der Waals surface area (Å²) in [4.78, 5) is 26.0. The van der Waals surface area contributed by atoms with E-state index >= 15 is 0 Å². The zero-order valence-corrected chi connectivity index (χ0v) is 11.8. The van der Waals surface area contributed by atoms with Crippen molar-refractivity contribution in [1.29, 1.82) is 0 Å². The van der Waals surface area contributed by atoms with Gasteiger partial charge in [-0.05, 0) is 34.8 Å². The summed E-state index contributed by atoms with van der Waals surface area (Å²) in [5.74, 6) is 0.0826. The largest absolute Gasteiger partial charge is 0.352 e. The maximum atomic E-state index is 11.8. The van der Waals surface area contributed by atoms with Gasteiger partial charge in [0.05, 0.1) is 0 Å². The van der Waals surface area contributed by atoms with Gasteiger partial charge in [0.1, 0.15) is 5.56 Å². The van der Waals surface area contributed by atoms with Crippen LogP contribution < -0.4 is 10.9 Å². The van der Waals surface area contributed by atoms with Crippen molar-refractivity contribution < 1.29 is 4.79 Å². The number of hydrogen-bond donors (Lipinski definition) is 2. The van der Waals surface area contributed by atoms with Gasteiger partial charge in [0, 0.05) is 16.7 Å². The van der Waals surface area contributed by atoms with Gasteiger partial charge in [0.15, 0.2) is 0 Å². The van der Waals surface area contributed by atoms with Crippen molar-refractivity contribution in [1.82, 2.24) is 10.3 Å². The van der Waals surface area contributed by atoms with Crippen molar-refractivity contribution in [2.75, 3.05) is 6.54 Å². The summed E-state index contributed by atoms with van der Waals surface area (Å²) < 4.78 is 0.728. The zero-order valence-electron chi connectivity index (χ0n) is 10.3. The lowest BCUT2D eigenvalue weighted by Crippen LogP contribution is -2.32. The lowest BCUT2D eigenvalue weighted by molar-refractivity contribution is 0.0946. The molecule has 0 fully saturated rings. The fraction of sp³-hybridized carbons (Fsp3) is 0.500. The molecule has 1 atom stereocenters. The number of rotatable bonds is 4. The average Bonchev–Trinajstić information content (AvgIpc) is 2.30. The predicted octanol–water partition coefficient (Wildman–Crippen LogP) is 2.22. The fourth-order valence-electron chi connectivity index (χ4n) is 1.27. The van der Waals surface area contributed by atoms with Crippen molar-refractivity contribution >= 4 is 21.8 Å². The quantitative estimate of drug-likeness (QED) is 0.896. The highest BCUT2D eigenvalue weighted by Crippen LogP contribution is 2.12. The smallest absolute Gasteiger partial charge is 0.261 e. The number of nitrogens with one attached hydrogen (secondary N) is 2. The highest BCUT2D eigenvalue weighted by Gasteiger charge is 2.12. The second-order valence-corrected chi connectivity index (χ2v) is 5.06. The van der Waals surface area contributed by atoms with Crippen molar-refractivity contribution in [3.05, 3.63) is 32.2 Å². The van der Waals surface area contributed by atoms with Crippen LogP contribution in [0.1, 0.15) is 36.3 Å². The Labute approximate surface area is 109 Å². The minimum atomic E-state index is -0.354. The van der Waals surface area contributed by atoms with E-state index in [9.17, 15) is 9.59 Å². The molecule has 1 aromatic rings. The Morgan fingerprint density at radius 1 is 1.59 bits per heavy atom. The summed E-state index contributed by atoms with van der Waals surface area (Å²) in [6, 6.07) is 1.56. The molecule has 5 heteroatoms. The van der Waals surface area contributed by atoms with Gasteiger partial charge in [-0.1, -0.05) is 20.3 Å². The third-order valence-electron chi connectivity index (χ3n) is 2.73. The Morgan fingerprint density at radius 3 is 2.82 bits per heavy atom. The maximum absolute atomic E-state index is 11.8. The van der Waals surface area contributed by atoms with Crippen molar-refractivity contribution in [3.63, 3.8) is 0 Å². The number of aromatic nitrogens is 1. The number of pyridine rings is 1. The van der Waals surface area contributed by atoms with Crippen LogP contribution in [0.5, 0.6) is 0 Å². The Bertz CT molecular complexity index is 468. The topological polar surface area (TPSA) is 62.0 Å². The van der Waals surface area contributed by atoms with Gasteiger partial charge >= 0.3 is 0 Å². The lowest BCUT2D eigenvalue weighted by Gasteiger charge is -2.10. The molecule has 0 saturated carbocycles. The van der Waals surface area contributed by atoms with Crippen molar-refractivity contribution in [2.45, 2.75) is 27.2 Å². The number of aryl methyl sites for hydroxylation is 1. The number of halogens is 1. The van der Waals surface area contributed by atoms with Gasteiger partial charge in [-0.2, -0.15) is 0 Å². The molecular weight excluding hydrogens is 284 g/mol. The average molecular weight is 301 g/mol. The van der Waals surface area contributed by atoms with Crippen LogP contribution in [-0.2, 0) is 0 Å². The summed E-state index contributed by atoms with van der Waals surface area (Å²) in [5, 5.41) is 2.76. The molecule has 0 aliphatic carbocycles. The van der Waals surface area contributed by atoms with Crippen LogP contribution in [-0.4, -0.2) is 17.4 Å². The molecule has 0 saturated heterocycles. The molecule has 0 radical (unpaired) electrons. The molecule has 0 aliphatic heterocycles. The van der Waals surface area contributed by atoms with Crippen LogP contribution in [0.2, 0.25) is 0 Å². The van der Waals surface area contributed by atoms with Gasteiger partial charge in [0.2, 0.25) is 0 Å². The van der Waals surface area contributed by atoms with Crippen LogP contribution in [0.25, 0.3) is 0 Å². The van der Waals surface area contributed by atoms with Gasteiger partial charge < -0.3 is 10.3 Å². The monoisotopic (exact) mass is 300 g/mol. The first kappa shape index (κ1) is 14.0. The van der Waals surface area contributed by atoms with E-state index in [0.717, 1.165) is 10.9 Å². The molecule has 4 nitrogen and oxygen atoms in total. The first-order valence-corrected chi connectivity index (χ1v) is 6.42. The number of hydrogen-bond acceptors (Lipinski definition) is 2. The highest BCUT2D eigenvalue weighted by atomic mass is 79.9. The summed E-state index contributed by atoms with van der Waals surface area (Å²) >= 11 is 3.29. The number of amides is 1. The molecule has 1 heterocycles. The minimum Gasteiger partial charge on any atom is -0.352 e. The first-order chi connectivity index (χ1) is 7.95. The summed E-state index contributed by atoms with van der Waals surface area (Å²) in [6.07, 6.45) is 0.994. The third kappa shape index (κ3) is 3.70. The lowest BCUT2D eigenvalue weighted by atomic mass is 10.1. The molecule has 0 aliphatic rings. The molecule has 1 aromatic heterocycles. The van der Waals surface area contributed by atoms with Crippen LogP contribution in [0, 0.1) is 12.8 Å². The van der Waals surface area contributed by atoms with Gasteiger partial charge in [-0.3, -0.25) is 9.59 Å². The minimum absolute atomic E-state index is 0.144. The van der Waals surface area contributed by atoms with E-state index in [0.29, 0.717) is 18.2 Å². The highest BCUT2D eigenvalue weighted by molar-refractivity contribution is 9.10. The van der Waals surface area contributed by atoms with Crippen molar-refractivity contribution in [3.8, 4) is 0 Å². The van der Waals surface area contributed by atoms with Crippen LogP contribution in [0.3, 0.4) is 0 Å². The van der Waals surface area contributed by atoms with E-state index in [1.807, 2.05) is 0 Å². The molecule has 1 amide bonds. The zero-order chi connectivity index (χ0) is 13.0. The molecule has 0 aromatic carbocycles. The molecule has 0 unspecified atom stereocenters. The third-order valence-corrected chi connectivity index (χ3v) is 3.55. The normalized spacial score (nSPS) is 12.2. The van der Waals surface area contributed by atoms with E-state index in [1.54, 1.807) is 13.0 Å². The van der Waals surface area contributed by atoms with E-state index in [4.69, 9.17) is 0 Å². The number of carbonyl (C=O) groups excluding carboxylic acids is 1. The van der Waals surface area contributed by atoms with Gasteiger partial charge in [0.25, 0.3) is 11.5 Å². The molecular formula is C12H17BrN2O2. The Hall–Kier alpha value is -1.10. The Balaban J connectivity index is 2.83. The van der Waals surface area contributed by atoms with E-state index in [2.05, 4.69) is 40.1 Å². The molecule has 0 bridgehead atoms. The summed E-state index contributed by atoms with van der Waals surface area (Å²) in [5.41, 5.74) is 0.506. The van der Waals surface area contributed by atoms with Crippen LogP contribution in [0.4, 0.5) is 0 Å². The summed E-state index contributed by atoms with van der Waals surface area (Å²) in [7, 11) is 0. The Kier molecular flexibility index (Phi) is 4.93. The molecule has 1 rings (SSSR count). The fourth-order valence-corrected chi connectivity index (χ4v) is 1.60. The molecule has 17 heavy (non-hydrogen) atoms. The number of aromatic amines is 1. The van der Waals surface area contributed by atoms with E-state index in [-0.39, 0.29) is 17.0 Å². The van der Waals surface area contributed by atoms with E-state index in [1.165, 1.54) is 0 Å². The molecule has 2 N–H and O–H groups in total. The maximum Gasteiger partial charge on any atom is 0.261 e.